The molecule has 94 valence electrons. The summed E-state index contributed by atoms with van der Waals surface area (Å²) in [6, 6.07) is 1.93. The van der Waals surface area contributed by atoms with Crippen molar-refractivity contribution in [2.45, 2.75) is 45.3 Å². The highest BCUT2D eigenvalue weighted by Crippen LogP contribution is 2.30. The maximum Gasteiger partial charge on any atom is 0.222 e. The first kappa shape index (κ1) is 12.1. The van der Waals surface area contributed by atoms with Gasteiger partial charge in [0.15, 0.2) is 0 Å². The van der Waals surface area contributed by atoms with Crippen LogP contribution in [-0.4, -0.2) is 32.7 Å². The van der Waals surface area contributed by atoms with Crippen molar-refractivity contribution in [2.75, 3.05) is 6.54 Å². The number of nitrogens with zero attached hydrogens (tertiary/aromatic N) is 2. The van der Waals surface area contributed by atoms with Gasteiger partial charge in [-0.25, -0.2) is 0 Å². The molecule has 1 saturated heterocycles. The molecule has 1 atom stereocenters. The number of carbonyl (C=O) groups excluding carboxylic acids is 1. The summed E-state index contributed by atoms with van der Waals surface area (Å²) in [7, 11) is 0. The standard InChI is InChI=1S/C12H19N3O2/c1-2-12(17)15-6-4-3-5-11(15)10-7-9(8-16)13-14-10/h7,11,16H,2-6,8H2,1H3,(H,13,14). The zero-order chi connectivity index (χ0) is 12.3. The maximum atomic E-state index is 11.9. The fourth-order valence-electron chi connectivity index (χ4n) is 2.37. The van der Waals surface area contributed by atoms with E-state index in [9.17, 15) is 4.79 Å². The number of aliphatic hydroxyl groups excluding tert-OH is 1. The van der Waals surface area contributed by atoms with Crippen molar-refractivity contribution in [3.63, 3.8) is 0 Å². The minimum absolute atomic E-state index is 0.0402. The Balaban J connectivity index is 2.18. The van der Waals surface area contributed by atoms with Crippen LogP contribution in [0.1, 0.15) is 50.0 Å². The first-order valence-electron chi connectivity index (χ1n) is 6.20. The van der Waals surface area contributed by atoms with Gasteiger partial charge in [-0.1, -0.05) is 6.92 Å². The lowest BCUT2D eigenvalue weighted by atomic mass is 9.99. The molecule has 2 heterocycles. The average Bonchev–Trinajstić information content (AvgIpc) is 2.86. The molecule has 2 N–H and O–H groups in total. The highest BCUT2D eigenvalue weighted by atomic mass is 16.3. The molecule has 1 aliphatic heterocycles. The Kier molecular flexibility index (Phi) is 3.78. The molecule has 0 spiro atoms. The number of H-pyrrole nitrogens is 1. The molecule has 2 rings (SSSR count). The number of nitrogens with one attached hydrogen (secondary N) is 1. The summed E-state index contributed by atoms with van der Waals surface area (Å²) >= 11 is 0. The Morgan fingerprint density at radius 2 is 2.47 bits per heavy atom. The smallest absolute Gasteiger partial charge is 0.222 e. The van der Waals surface area contributed by atoms with E-state index < -0.39 is 0 Å². The summed E-state index contributed by atoms with van der Waals surface area (Å²) in [5.41, 5.74) is 1.57. The summed E-state index contributed by atoms with van der Waals surface area (Å²) < 4.78 is 0. The van der Waals surface area contributed by atoms with E-state index in [1.165, 1.54) is 0 Å². The van der Waals surface area contributed by atoms with Crippen molar-refractivity contribution >= 4 is 5.91 Å². The summed E-state index contributed by atoms with van der Waals surface area (Å²) in [6.07, 6.45) is 3.69. The highest BCUT2D eigenvalue weighted by molar-refractivity contribution is 5.76. The van der Waals surface area contributed by atoms with Crippen LogP contribution in [0.3, 0.4) is 0 Å². The number of amides is 1. The number of hydrogen-bond acceptors (Lipinski definition) is 3. The number of aromatic nitrogens is 2. The monoisotopic (exact) mass is 237 g/mol. The average molecular weight is 237 g/mol. The van der Waals surface area contributed by atoms with E-state index in [1.54, 1.807) is 0 Å². The lowest BCUT2D eigenvalue weighted by molar-refractivity contribution is -0.134. The first-order chi connectivity index (χ1) is 8.26. The van der Waals surface area contributed by atoms with Gasteiger partial charge < -0.3 is 10.0 Å². The minimum Gasteiger partial charge on any atom is -0.390 e. The zero-order valence-electron chi connectivity index (χ0n) is 10.1. The van der Waals surface area contributed by atoms with E-state index in [2.05, 4.69) is 10.2 Å². The van der Waals surface area contributed by atoms with Crippen molar-refractivity contribution in [1.82, 2.24) is 15.1 Å². The van der Waals surface area contributed by atoms with E-state index in [4.69, 9.17) is 5.11 Å². The SMILES string of the molecule is CCC(=O)N1CCCCC1c1cc(CO)[nH]n1. The molecular weight excluding hydrogens is 218 g/mol. The molecule has 17 heavy (non-hydrogen) atoms. The predicted molar refractivity (Wildman–Crippen MR) is 63.1 cm³/mol. The van der Waals surface area contributed by atoms with Gasteiger partial charge in [-0.15, -0.1) is 0 Å². The summed E-state index contributed by atoms with van der Waals surface area (Å²) in [6.45, 7) is 2.66. The molecule has 0 aliphatic carbocycles. The molecule has 1 aromatic rings. The number of hydrogen-bond donors (Lipinski definition) is 2. The van der Waals surface area contributed by atoms with Gasteiger partial charge in [-0.05, 0) is 25.3 Å². The molecule has 5 nitrogen and oxygen atoms in total. The highest BCUT2D eigenvalue weighted by Gasteiger charge is 2.28. The molecule has 0 radical (unpaired) electrons. The lowest BCUT2D eigenvalue weighted by Crippen LogP contribution is -2.38. The molecular formula is C12H19N3O2. The summed E-state index contributed by atoms with van der Waals surface area (Å²) in [5, 5.41) is 16.0. The van der Waals surface area contributed by atoms with Crippen molar-refractivity contribution in [3.05, 3.63) is 17.5 Å². The molecule has 0 saturated carbocycles. The van der Waals surface area contributed by atoms with Crippen molar-refractivity contribution in [3.8, 4) is 0 Å². The minimum atomic E-state index is -0.0402. The van der Waals surface area contributed by atoms with Gasteiger partial charge in [0, 0.05) is 13.0 Å². The Bertz CT molecular complexity index is 389. The number of aromatic amines is 1. The second-order valence-corrected chi connectivity index (χ2v) is 4.43. The molecule has 1 fully saturated rings. The molecule has 1 aliphatic rings. The molecule has 1 unspecified atom stereocenters. The van der Waals surface area contributed by atoms with Gasteiger partial charge in [0.05, 0.1) is 24.0 Å². The van der Waals surface area contributed by atoms with Crippen LogP contribution in [0.15, 0.2) is 6.07 Å². The van der Waals surface area contributed by atoms with Crippen LogP contribution < -0.4 is 0 Å². The Labute approximate surface area is 101 Å². The third-order valence-corrected chi connectivity index (χ3v) is 3.29. The number of piperidine rings is 1. The predicted octanol–water partition coefficient (Wildman–Crippen LogP) is 1.37. The van der Waals surface area contributed by atoms with Crippen LogP contribution in [0.2, 0.25) is 0 Å². The Hall–Kier alpha value is -1.36. The van der Waals surface area contributed by atoms with Gasteiger partial charge in [0.25, 0.3) is 0 Å². The van der Waals surface area contributed by atoms with Crippen LogP contribution >= 0.6 is 0 Å². The third kappa shape index (κ3) is 2.49. The maximum absolute atomic E-state index is 11.9. The lowest BCUT2D eigenvalue weighted by Gasteiger charge is -2.34. The van der Waals surface area contributed by atoms with E-state index >= 15 is 0 Å². The molecule has 5 heteroatoms. The van der Waals surface area contributed by atoms with Crippen LogP contribution in [0.5, 0.6) is 0 Å². The fourth-order valence-corrected chi connectivity index (χ4v) is 2.37. The molecule has 0 bridgehead atoms. The Morgan fingerprint density at radius 1 is 1.65 bits per heavy atom. The van der Waals surface area contributed by atoms with Gasteiger partial charge in [0.2, 0.25) is 5.91 Å². The topological polar surface area (TPSA) is 69.2 Å². The van der Waals surface area contributed by atoms with Gasteiger partial charge in [0.1, 0.15) is 0 Å². The van der Waals surface area contributed by atoms with Crippen molar-refractivity contribution in [2.24, 2.45) is 0 Å². The number of likely N-dealkylation sites (tertiary alicyclic amines) is 1. The van der Waals surface area contributed by atoms with Crippen LogP contribution in [0.25, 0.3) is 0 Å². The normalized spacial score (nSPS) is 20.6. The van der Waals surface area contributed by atoms with Crippen LogP contribution in [0.4, 0.5) is 0 Å². The Morgan fingerprint density at radius 3 is 3.12 bits per heavy atom. The van der Waals surface area contributed by atoms with Gasteiger partial charge in [-0.2, -0.15) is 5.10 Å². The van der Waals surface area contributed by atoms with Gasteiger partial charge in [-0.3, -0.25) is 9.89 Å². The summed E-state index contributed by atoms with van der Waals surface area (Å²) in [5.74, 6) is 0.184. The molecule has 1 aromatic heterocycles. The number of rotatable bonds is 3. The molecule has 0 aromatic carbocycles. The van der Waals surface area contributed by atoms with E-state index in [0.717, 1.165) is 31.5 Å². The first-order valence-corrected chi connectivity index (χ1v) is 6.20. The number of carbonyl (C=O) groups is 1. The van der Waals surface area contributed by atoms with Crippen LogP contribution in [0, 0.1) is 0 Å². The zero-order valence-corrected chi connectivity index (χ0v) is 10.1. The van der Waals surface area contributed by atoms with E-state index in [0.29, 0.717) is 12.1 Å². The number of aliphatic hydroxyl groups is 1. The van der Waals surface area contributed by atoms with Gasteiger partial charge >= 0.3 is 0 Å². The second-order valence-electron chi connectivity index (χ2n) is 4.43. The quantitative estimate of drug-likeness (QED) is 0.834. The summed E-state index contributed by atoms with van der Waals surface area (Å²) in [4.78, 5) is 13.8. The molecule has 1 amide bonds. The van der Waals surface area contributed by atoms with Crippen molar-refractivity contribution < 1.29 is 9.90 Å². The third-order valence-electron chi connectivity index (χ3n) is 3.29. The van der Waals surface area contributed by atoms with E-state index in [-0.39, 0.29) is 18.6 Å². The largest absolute Gasteiger partial charge is 0.390 e. The fraction of sp³-hybridized carbons (Fsp3) is 0.667. The van der Waals surface area contributed by atoms with Crippen molar-refractivity contribution in [1.29, 1.82) is 0 Å². The van der Waals surface area contributed by atoms with E-state index in [1.807, 2.05) is 17.9 Å². The van der Waals surface area contributed by atoms with Crippen LogP contribution in [-0.2, 0) is 11.4 Å². The second kappa shape index (κ2) is 5.31.